The fourth-order valence-corrected chi connectivity index (χ4v) is 2.83. The molecule has 0 saturated heterocycles. The van der Waals surface area contributed by atoms with Crippen LogP contribution in [0, 0.1) is 11.6 Å². The van der Waals surface area contributed by atoms with Crippen molar-refractivity contribution in [2.75, 3.05) is 13.2 Å². The minimum atomic E-state index is -0.763. The number of amides is 2. The van der Waals surface area contributed by atoms with E-state index in [1.165, 1.54) is 0 Å². The average Bonchev–Trinajstić information content (AvgIpc) is 2.97. The lowest BCUT2D eigenvalue weighted by atomic mass is 10.1. The third-order valence-corrected chi connectivity index (χ3v) is 4.00. The van der Waals surface area contributed by atoms with Crippen LogP contribution in [-0.2, 0) is 6.42 Å². The molecule has 1 aliphatic heterocycles. The molecule has 3 rings (SSSR count). The smallest absolute Gasteiger partial charge is 0.315 e. The maximum absolute atomic E-state index is 13.9. The van der Waals surface area contributed by atoms with E-state index in [4.69, 9.17) is 4.74 Å². The average molecular weight is 348 g/mol. The van der Waals surface area contributed by atoms with Crippen molar-refractivity contribution in [3.63, 3.8) is 0 Å². The van der Waals surface area contributed by atoms with Gasteiger partial charge in [-0.15, -0.1) is 0 Å². The number of aliphatic hydroxyl groups excluding tert-OH is 1. The molecule has 3 N–H and O–H groups in total. The highest BCUT2D eigenvalue weighted by Gasteiger charge is 2.30. The van der Waals surface area contributed by atoms with Crippen molar-refractivity contribution < 1.29 is 23.4 Å². The molecular weight excluding hydrogens is 330 g/mol. The quantitative estimate of drug-likeness (QED) is 0.777. The Morgan fingerprint density at radius 1 is 1.28 bits per heavy atom. The van der Waals surface area contributed by atoms with Gasteiger partial charge in [0.1, 0.15) is 24.0 Å². The van der Waals surface area contributed by atoms with Crippen LogP contribution >= 0.6 is 0 Å². The summed E-state index contributed by atoms with van der Waals surface area (Å²) < 4.78 is 32.4. The monoisotopic (exact) mass is 348 g/mol. The Morgan fingerprint density at radius 3 is 2.76 bits per heavy atom. The summed E-state index contributed by atoms with van der Waals surface area (Å²) in [6.07, 6.45) is 0.460. The van der Waals surface area contributed by atoms with Crippen LogP contribution in [0.15, 0.2) is 42.5 Å². The topological polar surface area (TPSA) is 70.6 Å². The third kappa shape index (κ3) is 4.06. The van der Waals surface area contributed by atoms with Gasteiger partial charge in [-0.05, 0) is 12.0 Å². The van der Waals surface area contributed by atoms with Crippen LogP contribution in [0.1, 0.15) is 17.2 Å². The summed E-state index contributed by atoms with van der Waals surface area (Å²) in [6.45, 7) is -0.217. The lowest BCUT2D eigenvalue weighted by molar-refractivity contribution is 0.210. The summed E-state index contributed by atoms with van der Waals surface area (Å²) in [5.74, 6) is -1.41. The Morgan fingerprint density at radius 2 is 2.04 bits per heavy atom. The maximum atomic E-state index is 13.9. The van der Waals surface area contributed by atoms with Gasteiger partial charge < -0.3 is 20.5 Å². The molecule has 2 aromatic rings. The number of fused-ring (bicyclic) bond motifs is 1. The van der Waals surface area contributed by atoms with Gasteiger partial charge in [0.2, 0.25) is 0 Å². The van der Waals surface area contributed by atoms with Crippen LogP contribution in [0.25, 0.3) is 0 Å². The van der Waals surface area contributed by atoms with Gasteiger partial charge in [0.25, 0.3) is 0 Å². The number of ether oxygens (including phenoxy) is 1. The normalized spacial score (nSPS) is 16.7. The lowest BCUT2D eigenvalue weighted by Crippen LogP contribution is -2.46. The molecule has 0 spiro atoms. The molecule has 0 bridgehead atoms. The Kier molecular flexibility index (Phi) is 5.14. The van der Waals surface area contributed by atoms with Gasteiger partial charge in [0.05, 0.1) is 24.3 Å². The minimum Gasteiger partial charge on any atom is -0.490 e. The predicted molar refractivity (Wildman–Crippen MR) is 87.3 cm³/mol. The number of rotatable bonds is 5. The predicted octanol–water partition coefficient (Wildman–Crippen LogP) is 2.30. The Bertz CT molecular complexity index is 755. The van der Waals surface area contributed by atoms with Gasteiger partial charge in [-0.3, -0.25) is 0 Å². The standard InChI is InChI=1S/C18H18F2N2O3/c19-12-7-14(20)17-15(10-25-16(17)8-12)22-18(24)21-13(9-23)6-11-4-2-1-3-5-11/h1-5,7-8,13,15,23H,6,9-10H2,(H2,21,22,24)/t13-,15?/m0/s1. The largest absolute Gasteiger partial charge is 0.490 e. The maximum Gasteiger partial charge on any atom is 0.315 e. The van der Waals surface area contributed by atoms with Gasteiger partial charge in [-0.25, -0.2) is 13.6 Å². The van der Waals surface area contributed by atoms with E-state index in [0.717, 1.165) is 17.7 Å². The van der Waals surface area contributed by atoms with Crippen molar-refractivity contribution in [1.82, 2.24) is 10.6 Å². The van der Waals surface area contributed by atoms with E-state index in [9.17, 15) is 18.7 Å². The number of aliphatic hydroxyl groups is 1. The van der Waals surface area contributed by atoms with Gasteiger partial charge >= 0.3 is 6.03 Å². The van der Waals surface area contributed by atoms with E-state index in [1.807, 2.05) is 30.3 Å². The van der Waals surface area contributed by atoms with Crippen LogP contribution in [0.2, 0.25) is 0 Å². The zero-order chi connectivity index (χ0) is 17.8. The molecule has 0 fully saturated rings. The number of halogens is 2. The molecule has 0 aliphatic carbocycles. The Labute approximate surface area is 143 Å². The highest BCUT2D eigenvalue weighted by molar-refractivity contribution is 5.75. The summed E-state index contributed by atoms with van der Waals surface area (Å²) >= 11 is 0. The molecule has 1 aliphatic rings. The summed E-state index contributed by atoms with van der Waals surface area (Å²) in [5, 5.41) is 14.7. The number of carbonyl (C=O) groups is 1. The molecule has 132 valence electrons. The fourth-order valence-electron chi connectivity index (χ4n) is 2.83. The van der Waals surface area contributed by atoms with E-state index in [1.54, 1.807) is 0 Å². The van der Waals surface area contributed by atoms with Crippen molar-refractivity contribution in [3.05, 3.63) is 65.2 Å². The lowest BCUT2D eigenvalue weighted by Gasteiger charge is -2.19. The number of benzene rings is 2. The second kappa shape index (κ2) is 7.48. The zero-order valence-corrected chi connectivity index (χ0v) is 13.3. The first-order chi connectivity index (χ1) is 12.1. The second-order valence-corrected chi connectivity index (χ2v) is 5.85. The van der Waals surface area contributed by atoms with Crippen molar-refractivity contribution in [3.8, 4) is 5.75 Å². The molecule has 0 saturated carbocycles. The fraction of sp³-hybridized carbons (Fsp3) is 0.278. The van der Waals surface area contributed by atoms with Crippen molar-refractivity contribution in [1.29, 1.82) is 0 Å². The first kappa shape index (κ1) is 17.2. The van der Waals surface area contributed by atoms with Gasteiger partial charge in [-0.1, -0.05) is 30.3 Å². The highest BCUT2D eigenvalue weighted by atomic mass is 19.1. The van der Waals surface area contributed by atoms with Crippen molar-refractivity contribution in [2.24, 2.45) is 0 Å². The van der Waals surface area contributed by atoms with Crippen molar-refractivity contribution in [2.45, 2.75) is 18.5 Å². The van der Waals surface area contributed by atoms with Gasteiger partial charge in [0.15, 0.2) is 0 Å². The van der Waals surface area contributed by atoms with Crippen LogP contribution in [0.4, 0.5) is 13.6 Å². The van der Waals surface area contributed by atoms with E-state index in [2.05, 4.69) is 10.6 Å². The third-order valence-electron chi connectivity index (χ3n) is 4.00. The zero-order valence-electron chi connectivity index (χ0n) is 13.3. The molecule has 0 aromatic heterocycles. The Balaban J connectivity index is 1.62. The molecule has 0 radical (unpaired) electrons. The van der Waals surface area contributed by atoms with Gasteiger partial charge in [0, 0.05) is 12.1 Å². The summed E-state index contributed by atoms with van der Waals surface area (Å²) in [5.41, 5.74) is 1.10. The van der Waals surface area contributed by atoms with Crippen LogP contribution in [0.3, 0.4) is 0 Å². The van der Waals surface area contributed by atoms with Crippen molar-refractivity contribution >= 4 is 6.03 Å². The molecular formula is C18H18F2N2O3. The molecule has 5 nitrogen and oxygen atoms in total. The first-order valence-corrected chi connectivity index (χ1v) is 7.90. The van der Waals surface area contributed by atoms with E-state index >= 15 is 0 Å². The minimum absolute atomic E-state index is 0.0194. The molecule has 25 heavy (non-hydrogen) atoms. The van der Waals surface area contributed by atoms with E-state index in [0.29, 0.717) is 6.42 Å². The van der Waals surface area contributed by atoms with E-state index in [-0.39, 0.29) is 24.5 Å². The van der Waals surface area contributed by atoms with Crippen LogP contribution < -0.4 is 15.4 Å². The molecule has 1 heterocycles. The Hall–Kier alpha value is -2.67. The number of nitrogens with one attached hydrogen (secondary N) is 2. The number of hydrogen-bond acceptors (Lipinski definition) is 3. The summed E-state index contributed by atoms with van der Waals surface area (Å²) in [4.78, 5) is 12.2. The molecule has 1 unspecified atom stereocenters. The summed E-state index contributed by atoms with van der Waals surface area (Å²) in [6, 6.07) is 9.51. The summed E-state index contributed by atoms with van der Waals surface area (Å²) in [7, 11) is 0. The van der Waals surface area contributed by atoms with Gasteiger partial charge in [-0.2, -0.15) is 0 Å². The van der Waals surface area contributed by atoms with E-state index < -0.39 is 29.7 Å². The number of carbonyl (C=O) groups excluding carboxylic acids is 1. The molecule has 7 heteroatoms. The highest BCUT2D eigenvalue weighted by Crippen LogP contribution is 2.35. The molecule has 2 amide bonds. The first-order valence-electron chi connectivity index (χ1n) is 7.90. The second-order valence-electron chi connectivity index (χ2n) is 5.85. The SMILES string of the molecule is O=C(NC1COc2cc(F)cc(F)c21)N[C@H](CO)Cc1ccccc1. The number of hydrogen-bond donors (Lipinski definition) is 3. The molecule has 2 atom stereocenters. The molecule has 2 aromatic carbocycles. The van der Waals surface area contributed by atoms with Crippen LogP contribution in [-0.4, -0.2) is 30.4 Å². The number of urea groups is 1. The van der Waals surface area contributed by atoms with Crippen LogP contribution in [0.5, 0.6) is 5.75 Å².